The highest BCUT2D eigenvalue weighted by Crippen LogP contribution is 2.80. The van der Waals surface area contributed by atoms with E-state index in [0.29, 0.717) is 0 Å². The highest BCUT2D eigenvalue weighted by molar-refractivity contribution is 9.25. The van der Waals surface area contributed by atoms with Crippen molar-refractivity contribution in [3.63, 3.8) is 0 Å². The van der Waals surface area contributed by atoms with Crippen LogP contribution in [0.5, 0.6) is 0 Å². The number of rotatable bonds is 2. The molecule has 0 bridgehead atoms. The maximum atomic E-state index is 11.0. The van der Waals surface area contributed by atoms with Crippen LogP contribution in [0.2, 0.25) is 0 Å². The van der Waals surface area contributed by atoms with Gasteiger partial charge in [-0.1, -0.05) is 44.9 Å². The molecule has 1 N–H and O–H groups in total. The molecule has 0 aliphatic heterocycles. The predicted octanol–water partition coefficient (Wildman–Crippen LogP) is 2.77. The number of aliphatic carboxylic acids is 1. The average molecular weight is 298 g/mol. The summed E-state index contributed by atoms with van der Waals surface area (Å²) in [5, 5.41) is 9.01. The number of hydrogen-bond donors (Lipinski definition) is 1. The highest BCUT2D eigenvalue weighted by atomic mass is 79.9. The van der Waals surface area contributed by atoms with Crippen LogP contribution in [0.1, 0.15) is 13.8 Å². The van der Waals surface area contributed by atoms with E-state index in [1.807, 2.05) is 6.92 Å². The Labute approximate surface area is 88.3 Å². The molecule has 2 atom stereocenters. The van der Waals surface area contributed by atoms with Crippen LogP contribution in [0.15, 0.2) is 12.7 Å². The summed E-state index contributed by atoms with van der Waals surface area (Å²) in [5.41, 5.74) is -1.26. The number of alkyl halides is 2. The summed E-state index contributed by atoms with van der Waals surface area (Å²) >= 11 is 6.71. The maximum absolute atomic E-state index is 11.0. The third kappa shape index (κ3) is 0.732. The van der Waals surface area contributed by atoms with Gasteiger partial charge in [0.1, 0.15) is 8.65 Å². The second kappa shape index (κ2) is 2.35. The Bertz CT molecular complexity index is 262. The standard InChI is InChI=1S/C8H10Br2O2/c1-4-6(2)7(3,5(11)12)8(6,9)10/h4H,1H2,2-3H3,(H,11,12). The molecule has 0 heterocycles. The zero-order valence-electron chi connectivity index (χ0n) is 6.90. The van der Waals surface area contributed by atoms with E-state index in [-0.39, 0.29) is 0 Å². The van der Waals surface area contributed by atoms with E-state index in [0.717, 1.165) is 0 Å². The average Bonchev–Trinajstić information content (AvgIpc) is 2.32. The second-order valence-corrected chi connectivity index (χ2v) is 6.85. The van der Waals surface area contributed by atoms with Crippen LogP contribution < -0.4 is 0 Å². The number of carbonyl (C=O) groups is 1. The smallest absolute Gasteiger partial charge is 0.312 e. The van der Waals surface area contributed by atoms with Gasteiger partial charge in [0, 0.05) is 5.41 Å². The van der Waals surface area contributed by atoms with Crippen molar-refractivity contribution in [3.8, 4) is 0 Å². The minimum atomic E-state index is -0.821. The van der Waals surface area contributed by atoms with E-state index in [9.17, 15) is 4.79 Å². The molecular weight excluding hydrogens is 288 g/mol. The van der Waals surface area contributed by atoms with E-state index in [1.54, 1.807) is 13.0 Å². The molecule has 1 rings (SSSR count). The van der Waals surface area contributed by atoms with Crippen molar-refractivity contribution in [2.24, 2.45) is 10.8 Å². The third-order valence-electron chi connectivity index (χ3n) is 3.09. The van der Waals surface area contributed by atoms with Gasteiger partial charge in [0.25, 0.3) is 0 Å². The lowest BCUT2D eigenvalue weighted by atomic mass is 9.97. The summed E-state index contributed by atoms with van der Waals surface area (Å²) < 4.78 is -0.562. The number of allylic oxidation sites excluding steroid dienone is 1. The van der Waals surface area contributed by atoms with Gasteiger partial charge in [-0.25, -0.2) is 0 Å². The number of carboxylic acid groups (broad SMARTS) is 1. The summed E-state index contributed by atoms with van der Waals surface area (Å²) in [6, 6.07) is 0. The quantitative estimate of drug-likeness (QED) is 0.629. The first-order chi connectivity index (χ1) is 5.25. The lowest BCUT2D eigenvalue weighted by Crippen LogP contribution is -2.18. The van der Waals surface area contributed by atoms with Crippen LogP contribution in [0.4, 0.5) is 0 Å². The van der Waals surface area contributed by atoms with Gasteiger partial charge in [-0.2, -0.15) is 0 Å². The summed E-state index contributed by atoms with van der Waals surface area (Å²) in [5.74, 6) is -0.821. The fourth-order valence-electron chi connectivity index (χ4n) is 1.51. The van der Waals surface area contributed by atoms with E-state index in [1.165, 1.54) is 0 Å². The largest absolute Gasteiger partial charge is 0.481 e. The van der Waals surface area contributed by atoms with Crippen molar-refractivity contribution in [3.05, 3.63) is 12.7 Å². The fourth-order valence-corrected chi connectivity index (χ4v) is 3.60. The van der Waals surface area contributed by atoms with Crippen molar-refractivity contribution in [2.45, 2.75) is 17.1 Å². The van der Waals surface area contributed by atoms with Gasteiger partial charge in [-0.15, -0.1) is 6.58 Å². The summed E-state index contributed by atoms with van der Waals surface area (Å²) in [7, 11) is 0. The first kappa shape index (κ1) is 10.3. The van der Waals surface area contributed by atoms with Gasteiger partial charge in [0.2, 0.25) is 0 Å². The molecule has 1 saturated carbocycles. The van der Waals surface area contributed by atoms with E-state index >= 15 is 0 Å². The molecule has 0 aromatic carbocycles. The molecule has 0 radical (unpaired) electrons. The van der Waals surface area contributed by atoms with E-state index < -0.39 is 20.0 Å². The van der Waals surface area contributed by atoms with Crippen molar-refractivity contribution in [1.29, 1.82) is 0 Å². The van der Waals surface area contributed by atoms with Gasteiger partial charge in [0.05, 0.1) is 0 Å². The lowest BCUT2D eigenvalue weighted by Gasteiger charge is -2.06. The Morgan fingerprint density at radius 1 is 1.50 bits per heavy atom. The zero-order valence-corrected chi connectivity index (χ0v) is 10.1. The third-order valence-corrected chi connectivity index (χ3v) is 6.33. The van der Waals surface area contributed by atoms with E-state index in [2.05, 4.69) is 38.4 Å². The van der Waals surface area contributed by atoms with Crippen molar-refractivity contribution < 1.29 is 9.90 Å². The van der Waals surface area contributed by atoms with Crippen LogP contribution >= 0.6 is 31.9 Å². The predicted molar refractivity (Wildman–Crippen MR) is 54.6 cm³/mol. The summed E-state index contributed by atoms with van der Waals surface area (Å²) in [6.45, 7) is 7.20. The van der Waals surface area contributed by atoms with Crippen LogP contribution in [-0.2, 0) is 4.79 Å². The minimum absolute atomic E-state index is 0.439. The Kier molecular flexibility index (Phi) is 2.01. The monoisotopic (exact) mass is 296 g/mol. The first-order valence-corrected chi connectivity index (χ1v) is 5.09. The maximum Gasteiger partial charge on any atom is 0.312 e. The van der Waals surface area contributed by atoms with Crippen LogP contribution in [0, 0.1) is 10.8 Å². The molecule has 0 aromatic heterocycles. The Hall–Kier alpha value is 0.170. The number of halogens is 2. The molecule has 1 aliphatic rings. The molecule has 0 saturated heterocycles. The molecule has 1 aliphatic carbocycles. The molecule has 0 spiro atoms. The van der Waals surface area contributed by atoms with Gasteiger partial charge < -0.3 is 5.11 Å². The molecule has 2 nitrogen and oxygen atoms in total. The molecule has 2 unspecified atom stereocenters. The zero-order chi connectivity index (χ0) is 9.78. The molecule has 0 amide bonds. The topological polar surface area (TPSA) is 37.3 Å². The minimum Gasteiger partial charge on any atom is -0.481 e. The van der Waals surface area contributed by atoms with Gasteiger partial charge in [0.15, 0.2) is 0 Å². The second-order valence-electron chi connectivity index (χ2n) is 3.41. The van der Waals surface area contributed by atoms with Gasteiger partial charge in [-0.3, -0.25) is 4.79 Å². The molecule has 0 aromatic rings. The van der Waals surface area contributed by atoms with Gasteiger partial charge >= 0.3 is 5.97 Å². The van der Waals surface area contributed by atoms with Gasteiger partial charge in [-0.05, 0) is 6.92 Å². The van der Waals surface area contributed by atoms with E-state index in [4.69, 9.17) is 5.11 Å². The first-order valence-electron chi connectivity index (χ1n) is 3.50. The van der Waals surface area contributed by atoms with Crippen molar-refractivity contribution >= 4 is 37.8 Å². The normalized spacial score (nSPS) is 43.7. The number of carboxylic acids is 1. The van der Waals surface area contributed by atoms with Crippen LogP contribution in [0.25, 0.3) is 0 Å². The Balaban J connectivity index is 3.16. The Morgan fingerprint density at radius 3 is 2.00 bits per heavy atom. The Morgan fingerprint density at radius 2 is 1.92 bits per heavy atom. The molecule has 68 valence electrons. The molecule has 4 heteroatoms. The lowest BCUT2D eigenvalue weighted by molar-refractivity contribution is -0.143. The van der Waals surface area contributed by atoms with Crippen molar-refractivity contribution in [2.75, 3.05) is 0 Å². The van der Waals surface area contributed by atoms with Crippen LogP contribution in [-0.4, -0.2) is 14.3 Å². The van der Waals surface area contributed by atoms with Crippen molar-refractivity contribution in [1.82, 2.24) is 0 Å². The number of hydrogen-bond acceptors (Lipinski definition) is 1. The molecule has 12 heavy (non-hydrogen) atoms. The molecular formula is C8H10Br2O2. The molecule has 1 fully saturated rings. The SMILES string of the molecule is C=CC1(C)C(Br)(Br)C1(C)C(=O)O. The summed E-state index contributed by atoms with van der Waals surface area (Å²) in [6.07, 6.45) is 1.67. The highest BCUT2D eigenvalue weighted by Gasteiger charge is 2.83. The fraction of sp³-hybridized carbons (Fsp3) is 0.625. The summed E-state index contributed by atoms with van der Waals surface area (Å²) in [4.78, 5) is 11.0. The van der Waals surface area contributed by atoms with Crippen LogP contribution in [0.3, 0.4) is 0 Å².